The molecule has 5 aromatic carbocycles. The zero-order chi connectivity index (χ0) is 27.9. The topological polar surface area (TPSA) is 0 Å². The molecule has 0 spiro atoms. The molecule has 1 heteroatoms. The van der Waals surface area contributed by atoms with Crippen molar-refractivity contribution in [1.29, 1.82) is 0 Å². The van der Waals surface area contributed by atoms with E-state index in [1.54, 1.807) is 14.3 Å². The minimum atomic E-state index is -2.74. The van der Waals surface area contributed by atoms with Crippen LogP contribution in [0.25, 0.3) is 17.2 Å². The summed E-state index contributed by atoms with van der Waals surface area (Å²) in [5.74, 6) is 0. The average Bonchev–Trinajstić information content (AvgIpc) is 3.60. The third-order valence-electron chi connectivity index (χ3n) is 9.17. The summed E-state index contributed by atoms with van der Waals surface area (Å²) in [6.45, 7) is 6.85. The third-order valence-corrected chi connectivity index (χ3v) is 17.9. The van der Waals surface area contributed by atoms with Gasteiger partial charge in [-0.2, -0.15) is 0 Å². The second-order valence-electron chi connectivity index (χ2n) is 11.5. The van der Waals surface area contributed by atoms with E-state index in [2.05, 4.69) is 148 Å². The molecule has 1 atom stereocenters. The molecule has 2 aliphatic carbocycles. The summed E-state index contributed by atoms with van der Waals surface area (Å²) >= 11 is -2.74. The first-order valence-electron chi connectivity index (χ1n) is 15.1. The molecule has 0 fully saturated rings. The van der Waals surface area contributed by atoms with E-state index in [1.165, 1.54) is 50.1 Å². The van der Waals surface area contributed by atoms with Gasteiger partial charge in [-0.25, -0.2) is 0 Å². The Hall–Kier alpha value is -3.41. The van der Waals surface area contributed by atoms with Crippen LogP contribution < -0.4 is 0 Å². The van der Waals surface area contributed by atoms with E-state index in [0.717, 1.165) is 12.8 Å². The van der Waals surface area contributed by atoms with Gasteiger partial charge in [0, 0.05) is 0 Å². The molecule has 0 saturated heterocycles. The van der Waals surface area contributed by atoms with Crippen LogP contribution in [0.1, 0.15) is 71.2 Å². The van der Waals surface area contributed by atoms with Crippen LogP contribution in [0.4, 0.5) is 0 Å². The van der Waals surface area contributed by atoms with Crippen molar-refractivity contribution in [2.45, 2.75) is 40.9 Å². The summed E-state index contributed by atoms with van der Waals surface area (Å²) < 4.78 is 2.53. The van der Waals surface area contributed by atoms with E-state index >= 15 is 0 Å². The number of rotatable bonds is 6. The normalized spacial score (nSPS) is 15.0. The Balaban J connectivity index is 1.62. The SMILES string of the molecule is CCc1ccc2c(c1)[CH]([Zr](=[C](c1ccccc1)c1ccccc1)[CH]1C=Cc3c(C)cccc31)c1cc(CC)ccc1-2. The molecule has 0 aliphatic heterocycles. The zero-order valence-corrected chi connectivity index (χ0v) is 26.7. The number of allylic oxidation sites excluding steroid dienone is 1. The van der Waals surface area contributed by atoms with E-state index in [9.17, 15) is 0 Å². The van der Waals surface area contributed by atoms with E-state index < -0.39 is 21.3 Å². The Labute approximate surface area is 252 Å². The standard InChI is InChI=1S/C17H17.C13H10.C10H9.Zr/c1-3-12-5-7-16-14(9-12)11-15-10-13(4-2)6-8-17(15)16;1-3-7-12(8-4-1)11-13-9-5-2-6-10-13;1-8-4-2-5-9-6-3-7-10(8)9;/h5-11H,3-4H2,1-2H3;1-10H;2-7H,1H3;. The molecular formula is C40H36Zr. The van der Waals surface area contributed by atoms with Gasteiger partial charge in [-0.15, -0.1) is 0 Å². The summed E-state index contributed by atoms with van der Waals surface area (Å²) in [5, 5.41) is 0. The first kappa shape index (κ1) is 26.5. The molecule has 0 nitrogen and oxygen atoms in total. The molecule has 0 N–H and O–H groups in total. The van der Waals surface area contributed by atoms with Crippen LogP contribution in [0.3, 0.4) is 0 Å². The number of hydrogen-bond acceptors (Lipinski definition) is 0. The second-order valence-corrected chi connectivity index (χ2v) is 17.9. The quantitative estimate of drug-likeness (QED) is 0.180. The van der Waals surface area contributed by atoms with Gasteiger partial charge in [0.1, 0.15) is 0 Å². The number of fused-ring (bicyclic) bond motifs is 4. The summed E-state index contributed by atoms with van der Waals surface area (Å²) in [6.07, 6.45) is 7.15. The molecule has 0 aromatic heterocycles. The number of hydrogen-bond donors (Lipinski definition) is 0. The van der Waals surface area contributed by atoms with Gasteiger partial charge in [-0.1, -0.05) is 0 Å². The Morgan fingerprint density at radius 2 is 1.17 bits per heavy atom. The van der Waals surface area contributed by atoms with Crippen molar-refractivity contribution in [2.75, 3.05) is 0 Å². The minimum absolute atomic E-state index is 0.442. The molecule has 2 aliphatic rings. The van der Waals surface area contributed by atoms with E-state index in [1.807, 2.05) is 0 Å². The summed E-state index contributed by atoms with van der Waals surface area (Å²) in [4.78, 5) is 0. The van der Waals surface area contributed by atoms with Crippen LogP contribution in [-0.2, 0) is 34.1 Å². The fraction of sp³-hybridized carbons (Fsp3) is 0.175. The van der Waals surface area contributed by atoms with Gasteiger partial charge in [-0.05, 0) is 0 Å². The average molecular weight is 608 g/mol. The van der Waals surface area contributed by atoms with Gasteiger partial charge in [-0.3, -0.25) is 0 Å². The Morgan fingerprint density at radius 3 is 1.71 bits per heavy atom. The zero-order valence-electron chi connectivity index (χ0n) is 24.2. The van der Waals surface area contributed by atoms with Crippen molar-refractivity contribution in [2.24, 2.45) is 0 Å². The fourth-order valence-electron chi connectivity index (χ4n) is 7.09. The van der Waals surface area contributed by atoms with E-state index in [0.29, 0.717) is 7.25 Å². The van der Waals surface area contributed by atoms with Crippen LogP contribution in [0.15, 0.2) is 121 Å². The van der Waals surface area contributed by atoms with Crippen molar-refractivity contribution < 1.29 is 21.3 Å². The van der Waals surface area contributed by atoms with Gasteiger partial charge >= 0.3 is 254 Å². The van der Waals surface area contributed by atoms with Gasteiger partial charge in [0.2, 0.25) is 0 Å². The molecule has 0 saturated carbocycles. The van der Waals surface area contributed by atoms with E-state index in [-0.39, 0.29) is 0 Å². The molecular weight excluding hydrogens is 572 g/mol. The van der Waals surface area contributed by atoms with Crippen molar-refractivity contribution in [1.82, 2.24) is 0 Å². The predicted octanol–water partition coefficient (Wildman–Crippen LogP) is 9.84. The Kier molecular flexibility index (Phi) is 7.18. The number of benzene rings is 5. The van der Waals surface area contributed by atoms with Crippen LogP contribution in [-0.4, -0.2) is 3.21 Å². The maximum atomic E-state index is 2.59. The summed E-state index contributed by atoms with van der Waals surface area (Å²) in [6, 6.07) is 44.3. The fourth-order valence-corrected chi connectivity index (χ4v) is 16.9. The third kappa shape index (κ3) is 4.60. The second kappa shape index (κ2) is 11.1. The predicted molar refractivity (Wildman–Crippen MR) is 172 cm³/mol. The molecule has 200 valence electrons. The van der Waals surface area contributed by atoms with Crippen molar-refractivity contribution >= 4 is 9.28 Å². The van der Waals surface area contributed by atoms with Crippen molar-refractivity contribution in [3.8, 4) is 11.1 Å². The molecule has 41 heavy (non-hydrogen) atoms. The van der Waals surface area contributed by atoms with Gasteiger partial charge in [0.05, 0.1) is 0 Å². The van der Waals surface area contributed by atoms with Gasteiger partial charge in [0.25, 0.3) is 0 Å². The van der Waals surface area contributed by atoms with Crippen LogP contribution in [0.2, 0.25) is 0 Å². The maximum absolute atomic E-state index is 2.74. The summed E-state index contributed by atoms with van der Waals surface area (Å²) in [5.41, 5.74) is 16.1. The monoisotopic (exact) mass is 606 g/mol. The van der Waals surface area contributed by atoms with Crippen molar-refractivity contribution in [3.63, 3.8) is 0 Å². The molecule has 7 rings (SSSR count). The van der Waals surface area contributed by atoms with Gasteiger partial charge < -0.3 is 0 Å². The van der Waals surface area contributed by atoms with E-state index in [4.69, 9.17) is 0 Å². The molecule has 0 amide bonds. The van der Waals surface area contributed by atoms with Gasteiger partial charge in [0.15, 0.2) is 0 Å². The molecule has 0 radical (unpaired) electrons. The van der Waals surface area contributed by atoms with Crippen LogP contribution >= 0.6 is 0 Å². The van der Waals surface area contributed by atoms with Crippen LogP contribution in [0, 0.1) is 6.92 Å². The first-order valence-corrected chi connectivity index (χ1v) is 19.1. The molecule has 5 aromatic rings. The van der Waals surface area contributed by atoms with Crippen LogP contribution in [0.5, 0.6) is 0 Å². The molecule has 1 unspecified atom stereocenters. The molecule has 0 heterocycles. The van der Waals surface area contributed by atoms with Crippen molar-refractivity contribution in [3.05, 3.63) is 171 Å². The Morgan fingerprint density at radius 1 is 0.610 bits per heavy atom. The Bertz CT molecular complexity index is 1710. The number of aryl methyl sites for hydroxylation is 3. The molecule has 0 bridgehead atoms. The first-order chi connectivity index (χ1) is 20.2. The summed E-state index contributed by atoms with van der Waals surface area (Å²) in [7, 11) is 0.